The van der Waals surface area contributed by atoms with Gasteiger partial charge in [0.05, 0.1) is 18.6 Å². The normalized spacial score (nSPS) is 18.7. The molecule has 2 aromatic carbocycles. The lowest BCUT2D eigenvalue weighted by Crippen LogP contribution is -2.36. The molecular weight excluding hydrogens is 438 g/mol. The third-order valence-corrected chi connectivity index (χ3v) is 6.29. The Morgan fingerprint density at radius 2 is 1.97 bits per heavy atom. The number of cyclic esters (lactones) is 1. The molecule has 1 unspecified atom stereocenters. The first kappa shape index (κ1) is 23.3. The number of hydrogen-bond acceptors (Lipinski definition) is 7. The van der Waals surface area contributed by atoms with Gasteiger partial charge in [-0.2, -0.15) is 0 Å². The Morgan fingerprint density at radius 3 is 2.65 bits per heavy atom. The lowest BCUT2D eigenvalue weighted by molar-refractivity contribution is -0.384. The Kier molecular flexibility index (Phi) is 7.10. The number of hydrogen-bond donors (Lipinski definition) is 1. The van der Waals surface area contributed by atoms with E-state index in [1.807, 2.05) is 23.1 Å². The summed E-state index contributed by atoms with van der Waals surface area (Å²) >= 11 is 0. The van der Waals surface area contributed by atoms with Gasteiger partial charge in [0.15, 0.2) is 0 Å². The zero-order valence-corrected chi connectivity index (χ0v) is 18.9. The van der Waals surface area contributed by atoms with E-state index < -0.39 is 22.8 Å². The van der Waals surface area contributed by atoms with Crippen molar-refractivity contribution in [3.8, 4) is 5.75 Å². The van der Waals surface area contributed by atoms with E-state index in [1.54, 1.807) is 19.2 Å². The van der Waals surface area contributed by atoms with Crippen LogP contribution >= 0.6 is 0 Å². The number of methoxy groups -OCH3 is 1. The average molecular weight is 466 g/mol. The van der Waals surface area contributed by atoms with E-state index in [0.717, 1.165) is 18.6 Å². The van der Waals surface area contributed by atoms with Gasteiger partial charge in [-0.3, -0.25) is 14.9 Å². The number of nitrogens with one attached hydrogen (secondary N) is 1. The predicted molar refractivity (Wildman–Crippen MR) is 127 cm³/mol. The summed E-state index contributed by atoms with van der Waals surface area (Å²) in [7, 11) is 1.67. The minimum absolute atomic E-state index is 0.00216. The molecule has 2 aromatic rings. The third kappa shape index (κ3) is 5.19. The van der Waals surface area contributed by atoms with Crippen LogP contribution in [0, 0.1) is 10.1 Å². The average Bonchev–Trinajstić information content (AvgIpc) is 3.26. The molecule has 0 radical (unpaired) electrons. The van der Waals surface area contributed by atoms with Crippen LogP contribution in [0.4, 0.5) is 11.4 Å². The number of rotatable bonds is 7. The lowest BCUT2D eigenvalue weighted by atomic mass is 9.88. The molecule has 1 atom stereocenters. The second kappa shape index (κ2) is 10.4. The maximum atomic E-state index is 12.1. The molecule has 0 bridgehead atoms. The second-order valence-electron chi connectivity index (χ2n) is 8.36. The maximum absolute atomic E-state index is 12.1. The van der Waals surface area contributed by atoms with Gasteiger partial charge in [0, 0.05) is 31.7 Å². The van der Waals surface area contributed by atoms with Gasteiger partial charge in [-0.15, -0.1) is 0 Å². The molecule has 2 aliphatic rings. The van der Waals surface area contributed by atoms with Gasteiger partial charge in [-0.1, -0.05) is 24.3 Å². The number of piperidine rings is 1. The van der Waals surface area contributed by atoms with Crippen molar-refractivity contribution in [3.05, 3.63) is 69.8 Å². The molecule has 2 aliphatic heterocycles. The molecule has 178 valence electrons. The first-order valence-corrected chi connectivity index (χ1v) is 11.3. The molecule has 9 nitrogen and oxygen atoms in total. The molecule has 0 spiro atoms. The predicted octanol–water partition coefficient (Wildman–Crippen LogP) is 3.43. The highest BCUT2D eigenvalue weighted by Crippen LogP contribution is 2.38. The van der Waals surface area contributed by atoms with Gasteiger partial charge in [0.2, 0.25) is 5.91 Å². The molecule has 0 aliphatic carbocycles. The molecule has 1 N–H and O–H groups in total. The number of nitrogens with zero attached hydrogens (tertiary/aromatic N) is 2. The summed E-state index contributed by atoms with van der Waals surface area (Å²) in [5, 5.41) is 14.4. The van der Waals surface area contributed by atoms with Gasteiger partial charge < -0.3 is 19.7 Å². The summed E-state index contributed by atoms with van der Waals surface area (Å²) in [5.41, 5.74) is 2.27. The van der Waals surface area contributed by atoms with Gasteiger partial charge in [-0.25, -0.2) is 4.79 Å². The largest absolute Gasteiger partial charge is 0.496 e. The van der Waals surface area contributed by atoms with Crippen LogP contribution in [0.1, 0.15) is 36.3 Å². The number of carbonyl (C=O) groups excluding carboxylic acids is 2. The second-order valence-corrected chi connectivity index (χ2v) is 8.36. The zero-order chi connectivity index (χ0) is 24.1. The maximum Gasteiger partial charge on any atom is 0.328 e. The third-order valence-electron chi connectivity index (χ3n) is 6.29. The topological polar surface area (TPSA) is 111 Å². The van der Waals surface area contributed by atoms with E-state index >= 15 is 0 Å². The van der Waals surface area contributed by atoms with Gasteiger partial charge in [0.1, 0.15) is 17.5 Å². The van der Waals surface area contributed by atoms with Crippen LogP contribution in [-0.4, -0.2) is 49.6 Å². The number of amides is 1. The van der Waals surface area contributed by atoms with E-state index in [1.165, 1.54) is 23.8 Å². The summed E-state index contributed by atoms with van der Waals surface area (Å²) in [6.45, 7) is 1.68. The summed E-state index contributed by atoms with van der Waals surface area (Å²) in [6, 6.07) is 12.3. The highest BCUT2D eigenvalue weighted by Gasteiger charge is 2.28. The fraction of sp³-hybridized carbons (Fsp3) is 0.360. The SMILES string of the molecule is COc1ccccc1C1CCN(c2ccc(/C=C/C(=O)NC3CCOC3=O)cc2[N+](=O)[O-])CC1. The van der Waals surface area contributed by atoms with Crippen molar-refractivity contribution in [1.82, 2.24) is 5.32 Å². The Morgan fingerprint density at radius 1 is 1.21 bits per heavy atom. The quantitative estimate of drug-likeness (QED) is 0.289. The monoisotopic (exact) mass is 465 g/mol. The molecule has 2 saturated heterocycles. The Labute approximate surface area is 197 Å². The Balaban J connectivity index is 1.43. The van der Waals surface area contributed by atoms with Crippen LogP contribution in [-0.2, 0) is 14.3 Å². The van der Waals surface area contributed by atoms with Crippen molar-refractivity contribution in [2.75, 3.05) is 31.7 Å². The summed E-state index contributed by atoms with van der Waals surface area (Å²) in [6.07, 6.45) is 4.93. The van der Waals surface area contributed by atoms with Gasteiger partial charge in [-0.05, 0) is 48.1 Å². The van der Waals surface area contributed by atoms with Crippen LogP contribution in [0.2, 0.25) is 0 Å². The highest BCUT2D eigenvalue weighted by molar-refractivity contribution is 5.95. The molecule has 2 heterocycles. The van der Waals surface area contributed by atoms with Crippen LogP contribution in [0.5, 0.6) is 5.75 Å². The Hall–Kier alpha value is -3.88. The molecule has 2 fully saturated rings. The van der Waals surface area contributed by atoms with E-state index in [9.17, 15) is 19.7 Å². The van der Waals surface area contributed by atoms with E-state index in [0.29, 0.717) is 36.7 Å². The molecular formula is C25H27N3O6. The van der Waals surface area contributed by atoms with E-state index in [4.69, 9.17) is 9.47 Å². The molecule has 1 amide bonds. The van der Waals surface area contributed by atoms with Crippen molar-refractivity contribution >= 4 is 29.3 Å². The number of nitro benzene ring substituents is 1. The lowest BCUT2D eigenvalue weighted by Gasteiger charge is -2.34. The van der Waals surface area contributed by atoms with Crippen molar-refractivity contribution in [2.24, 2.45) is 0 Å². The van der Waals surface area contributed by atoms with Gasteiger partial charge in [0.25, 0.3) is 5.69 Å². The number of carbonyl (C=O) groups is 2. The molecule has 9 heteroatoms. The summed E-state index contributed by atoms with van der Waals surface area (Å²) in [5.74, 6) is 0.312. The van der Waals surface area contributed by atoms with Crippen molar-refractivity contribution in [2.45, 2.75) is 31.2 Å². The minimum atomic E-state index is -0.646. The summed E-state index contributed by atoms with van der Waals surface area (Å²) < 4.78 is 10.3. The molecule has 0 aromatic heterocycles. The number of ether oxygens (including phenoxy) is 2. The fourth-order valence-corrected chi connectivity index (χ4v) is 4.51. The van der Waals surface area contributed by atoms with Crippen LogP contribution in [0.3, 0.4) is 0 Å². The highest BCUT2D eigenvalue weighted by atomic mass is 16.6. The van der Waals surface area contributed by atoms with Crippen molar-refractivity contribution < 1.29 is 24.0 Å². The fourth-order valence-electron chi connectivity index (χ4n) is 4.51. The number of para-hydroxylation sites is 1. The minimum Gasteiger partial charge on any atom is -0.496 e. The number of esters is 1. The first-order chi connectivity index (χ1) is 16.5. The first-order valence-electron chi connectivity index (χ1n) is 11.3. The number of benzene rings is 2. The van der Waals surface area contributed by atoms with Crippen molar-refractivity contribution in [1.29, 1.82) is 0 Å². The van der Waals surface area contributed by atoms with Crippen LogP contribution < -0.4 is 15.0 Å². The van der Waals surface area contributed by atoms with E-state index in [-0.39, 0.29) is 12.3 Å². The van der Waals surface area contributed by atoms with Crippen LogP contribution in [0.25, 0.3) is 6.08 Å². The standard InChI is InChI=1S/C25H27N3O6/c1-33-23-5-3-2-4-19(23)18-10-13-27(14-11-18)21-8-6-17(16-22(21)28(31)32)7-9-24(29)26-20-12-15-34-25(20)30/h2-9,16,18,20H,10-15H2,1H3,(H,26,29)/b9-7+. The number of nitro groups is 1. The van der Waals surface area contributed by atoms with Crippen LogP contribution in [0.15, 0.2) is 48.5 Å². The molecule has 0 saturated carbocycles. The van der Waals surface area contributed by atoms with Gasteiger partial charge >= 0.3 is 5.97 Å². The smallest absolute Gasteiger partial charge is 0.328 e. The zero-order valence-electron chi connectivity index (χ0n) is 18.9. The van der Waals surface area contributed by atoms with E-state index in [2.05, 4.69) is 11.4 Å². The number of anilines is 1. The molecule has 34 heavy (non-hydrogen) atoms. The summed E-state index contributed by atoms with van der Waals surface area (Å²) in [4.78, 5) is 37.0. The molecule has 4 rings (SSSR count). The Bertz CT molecular complexity index is 1110. The van der Waals surface area contributed by atoms with Crippen molar-refractivity contribution in [3.63, 3.8) is 0 Å².